The number of carbonyl (C=O) groups excluding carboxylic acids is 1. The molecule has 3 nitrogen and oxygen atoms in total. The SMILES string of the molecule is C[C@](C=O)(Cc1ccccc1)N=O. The maximum absolute atomic E-state index is 10.6. The summed E-state index contributed by atoms with van der Waals surface area (Å²) in [4.78, 5) is 20.9. The molecule has 0 radical (unpaired) electrons. The highest BCUT2D eigenvalue weighted by Crippen LogP contribution is 2.14. The number of rotatable bonds is 4. The lowest BCUT2D eigenvalue weighted by molar-refractivity contribution is -0.111. The average molecular weight is 177 g/mol. The van der Waals surface area contributed by atoms with E-state index in [-0.39, 0.29) is 0 Å². The third-order valence-corrected chi connectivity index (χ3v) is 1.87. The van der Waals surface area contributed by atoms with Crippen molar-refractivity contribution in [3.63, 3.8) is 0 Å². The first-order valence-corrected chi connectivity index (χ1v) is 4.05. The minimum atomic E-state index is -1.12. The number of nitrogens with zero attached hydrogens (tertiary/aromatic N) is 1. The zero-order valence-electron chi connectivity index (χ0n) is 7.43. The molecule has 0 aliphatic heterocycles. The van der Waals surface area contributed by atoms with Crippen LogP contribution in [0.1, 0.15) is 12.5 Å². The van der Waals surface area contributed by atoms with Crippen molar-refractivity contribution < 1.29 is 4.79 Å². The summed E-state index contributed by atoms with van der Waals surface area (Å²) in [5.74, 6) is 0. The Bertz CT molecular complexity index is 287. The van der Waals surface area contributed by atoms with Crippen molar-refractivity contribution in [3.8, 4) is 0 Å². The molecule has 1 rings (SSSR count). The summed E-state index contributed by atoms with van der Waals surface area (Å²) in [6.45, 7) is 1.53. The van der Waals surface area contributed by atoms with E-state index in [4.69, 9.17) is 0 Å². The van der Waals surface area contributed by atoms with Gasteiger partial charge in [0.15, 0.2) is 11.8 Å². The Kier molecular flexibility index (Phi) is 2.90. The van der Waals surface area contributed by atoms with E-state index in [1.807, 2.05) is 30.3 Å². The van der Waals surface area contributed by atoms with Gasteiger partial charge in [0.05, 0.1) is 0 Å². The summed E-state index contributed by atoms with van der Waals surface area (Å²) < 4.78 is 0. The van der Waals surface area contributed by atoms with E-state index >= 15 is 0 Å². The molecule has 0 aromatic heterocycles. The lowest BCUT2D eigenvalue weighted by atomic mass is 9.96. The van der Waals surface area contributed by atoms with Crippen LogP contribution in [0.5, 0.6) is 0 Å². The monoisotopic (exact) mass is 177 g/mol. The standard InChI is InChI=1S/C10H11NO2/c1-10(8-12,11-13)7-9-5-3-2-4-6-9/h2-6,8H,7H2,1H3/t10-/m1/s1. The number of hydrogen-bond acceptors (Lipinski definition) is 3. The first kappa shape index (κ1) is 9.58. The molecule has 3 heteroatoms. The molecule has 0 saturated carbocycles. The van der Waals surface area contributed by atoms with Crippen LogP contribution in [0.3, 0.4) is 0 Å². The molecule has 1 aromatic carbocycles. The van der Waals surface area contributed by atoms with Crippen molar-refractivity contribution in [2.24, 2.45) is 5.18 Å². The predicted molar refractivity (Wildman–Crippen MR) is 50.4 cm³/mol. The molecule has 0 unspecified atom stereocenters. The molecule has 0 N–H and O–H groups in total. The molecule has 1 atom stereocenters. The van der Waals surface area contributed by atoms with Crippen LogP contribution in [-0.4, -0.2) is 11.8 Å². The highest BCUT2D eigenvalue weighted by Gasteiger charge is 2.24. The van der Waals surface area contributed by atoms with Gasteiger partial charge in [-0.2, -0.15) is 0 Å². The molecule has 13 heavy (non-hydrogen) atoms. The quantitative estimate of drug-likeness (QED) is 0.521. The van der Waals surface area contributed by atoms with Crippen molar-refractivity contribution in [1.82, 2.24) is 0 Å². The molecule has 0 bridgehead atoms. The molecular weight excluding hydrogens is 166 g/mol. The highest BCUT2D eigenvalue weighted by molar-refractivity contribution is 5.64. The van der Waals surface area contributed by atoms with Crippen LogP contribution >= 0.6 is 0 Å². The summed E-state index contributed by atoms with van der Waals surface area (Å²) >= 11 is 0. The van der Waals surface area contributed by atoms with E-state index in [0.29, 0.717) is 12.7 Å². The molecule has 0 aliphatic carbocycles. The van der Waals surface area contributed by atoms with E-state index < -0.39 is 5.54 Å². The Labute approximate surface area is 76.7 Å². The summed E-state index contributed by atoms with van der Waals surface area (Å²) in [6.07, 6.45) is 0.952. The molecule has 0 amide bonds. The first-order chi connectivity index (χ1) is 6.20. The third kappa shape index (κ3) is 2.47. The van der Waals surface area contributed by atoms with E-state index in [9.17, 15) is 9.70 Å². The Morgan fingerprint density at radius 3 is 2.46 bits per heavy atom. The number of carbonyl (C=O) groups is 1. The summed E-state index contributed by atoms with van der Waals surface area (Å²) in [6, 6.07) is 9.35. The Morgan fingerprint density at radius 2 is 2.00 bits per heavy atom. The van der Waals surface area contributed by atoms with Gasteiger partial charge in [-0.3, -0.25) is 0 Å². The average Bonchev–Trinajstić information content (AvgIpc) is 2.19. The van der Waals surface area contributed by atoms with Crippen LogP contribution in [0.15, 0.2) is 35.5 Å². The summed E-state index contributed by atoms with van der Waals surface area (Å²) in [7, 11) is 0. The first-order valence-electron chi connectivity index (χ1n) is 4.05. The zero-order chi connectivity index (χ0) is 9.73. The van der Waals surface area contributed by atoms with Gasteiger partial charge in [0.1, 0.15) is 0 Å². The number of hydrogen-bond donors (Lipinski definition) is 0. The zero-order valence-corrected chi connectivity index (χ0v) is 7.43. The minimum absolute atomic E-state index is 0.362. The van der Waals surface area contributed by atoms with Crippen molar-refractivity contribution in [2.75, 3.05) is 0 Å². The lowest BCUT2D eigenvalue weighted by Gasteiger charge is -2.12. The van der Waals surface area contributed by atoms with Crippen LogP contribution in [0.4, 0.5) is 0 Å². The molecule has 68 valence electrons. The van der Waals surface area contributed by atoms with Gasteiger partial charge in [-0.05, 0) is 12.5 Å². The van der Waals surface area contributed by atoms with E-state index in [2.05, 4.69) is 5.18 Å². The minimum Gasteiger partial charge on any atom is -0.301 e. The molecule has 0 heterocycles. The van der Waals surface area contributed by atoms with Gasteiger partial charge in [0.25, 0.3) is 0 Å². The molecule has 1 aromatic rings. The molecule has 0 spiro atoms. The van der Waals surface area contributed by atoms with Gasteiger partial charge in [-0.1, -0.05) is 35.5 Å². The fourth-order valence-corrected chi connectivity index (χ4v) is 1.10. The van der Waals surface area contributed by atoms with Crippen LogP contribution in [0.2, 0.25) is 0 Å². The van der Waals surface area contributed by atoms with Crippen LogP contribution in [0.25, 0.3) is 0 Å². The second kappa shape index (κ2) is 3.94. The molecular formula is C10H11NO2. The van der Waals surface area contributed by atoms with Crippen molar-refractivity contribution in [3.05, 3.63) is 40.8 Å². The van der Waals surface area contributed by atoms with Crippen LogP contribution < -0.4 is 0 Å². The topological polar surface area (TPSA) is 46.5 Å². The van der Waals surface area contributed by atoms with Crippen LogP contribution in [-0.2, 0) is 11.2 Å². The summed E-state index contributed by atoms with van der Waals surface area (Å²) in [5, 5.41) is 2.82. The van der Waals surface area contributed by atoms with Gasteiger partial charge in [-0.15, -0.1) is 4.91 Å². The number of nitroso groups, excluding NO2 is 1. The normalized spacial score (nSPS) is 14.5. The van der Waals surface area contributed by atoms with E-state index in [1.54, 1.807) is 0 Å². The highest BCUT2D eigenvalue weighted by atomic mass is 16.3. The molecule has 0 fully saturated rings. The maximum atomic E-state index is 10.6. The lowest BCUT2D eigenvalue weighted by Crippen LogP contribution is -2.26. The van der Waals surface area contributed by atoms with Gasteiger partial charge < -0.3 is 4.79 Å². The Hall–Kier alpha value is -1.51. The van der Waals surface area contributed by atoms with Crippen molar-refractivity contribution in [2.45, 2.75) is 18.9 Å². The fraction of sp³-hybridized carbons (Fsp3) is 0.300. The third-order valence-electron chi connectivity index (χ3n) is 1.87. The molecule has 0 aliphatic rings. The smallest absolute Gasteiger partial charge is 0.159 e. The van der Waals surface area contributed by atoms with Crippen LogP contribution in [0, 0.1) is 4.91 Å². The Morgan fingerprint density at radius 1 is 1.38 bits per heavy atom. The number of benzene rings is 1. The van der Waals surface area contributed by atoms with Gasteiger partial charge >= 0.3 is 0 Å². The summed E-state index contributed by atoms with van der Waals surface area (Å²) in [5.41, 5.74) is -0.182. The molecule has 0 saturated heterocycles. The predicted octanol–water partition coefficient (Wildman–Crippen LogP) is 1.95. The maximum Gasteiger partial charge on any atom is 0.159 e. The largest absolute Gasteiger partial charge is 0.301 e. The number of aldehydes is 1. The van der Waals surface area contributed by atoms with Crippen molar-refractivity contribution >= 4 is 6.29 Å². The second-order valence-corrected chi connectivity index (χ2v) is 3.23. The van der Waals surface area contributed by atoms with E-state index in [0.717, 1.165) is 5.56 Å². The van der Waals surface area contributed by atoms with Gasteiger partial charge in [0.2, 0.25) is 0 Å². The van der Waals surface area contributed by atoms with Crippen molar-refractivity contribution in [1.29, 1.82) is 0 Å². The van der Waals surface area contributed by atoms with E-state index in [1.165, 1.54) is 6.92 Å². The van der Waals surface area contributed by atoms with Gasteiger partial charge in [-0.25, -0.2) is 0 Å². The fourth-order valence-electron chi connectivity index (χ4n) is 1.10. The second-order valence-electron chi connectivity index (χ2n) is 3.23. The van der Waals surface area contributed by atoms with Gasteiger partial charge in [0, 0.05) is 6.42 Å². The Balaban J connectivity index is 2.79.